The van der Waals surface area contributed by atoms with Crippen molar-refractivity contribution < 1.29 is 8.42 Å². The van der Waals surface area contributed by atoms with E-state index in [9.17, 15) is 8.42 Å². The first kappa shape index (κ1) is 17.9. The Kier molecular flexibility index (Phi) is 5.11. The lowest BCUT2D eigenvalue weighted by Crippen LogP contribution is -2.38. The van der Waals surface area contributed by atoms with Crippen molar-refractivity contribution in [3.05, 3.63) is 23.6 Å². The molecule has 136 valence electrons. The van der Waals surface area contributed by atoms with Crippen molar-refractivity contribution in [2.45, 2.75) is 18.9 Å². The van der Waals surface area contributed by atoms with Crippen molar-refractivity contribution in [2.75, 3.05) is 30.0 Å². The van der Waals surface area contributed by atoms with Gasteiger partial charge in [-0.05, 0) is 12.8 Å². The first-order valence-corrected chi connectivity index (χ1v) is 10.0. The molecule has 1 fully saturated rings. The van der Waals surface area contributed by atoms with Crippen LogP contribution < -0.4 is 10.6 Å². The summed E-state index contributed by atoms with van der Waals surface area (Å²) in [7, 11) is -1.39. The van der Waals surface area contributed by atoms with Gasteiger partial charge in [0.25, 0.3) is 0 Å². The molecule has 0 bridgehead atoms. The number of anilines is 3. The Bertz CT molecular complexity index is 855. The van der Waals surface area contributed by atoms with E-state index in [1.807, 2.05) is 7.05 Å². The van der Waals surface area contributed by atoms with Gasteiger partial charge >= 0.3 is 0 Å². The molecule has 9 nitrogen and oxygen atoms in total. The number of rotatable bonds is 6. The second-order valence-corrected chi connectivity index (χ2v) is 8.31. The molecule has 0 amide bonds. The molecule has 1 saturated heterocycles. The minimum atomic E-state index is -3.21. The van der Waals surface area contributed by atoms with E-state index < -0.39 is 10.0 Å². The topological polar surface area (TPSA) is 105 Å². The molecule has 0 spiro atoms. The normalized spacial score (nSPS) is 18.4. The van der Waals surface area contributed by atoms with Crippen LogP contribution in [-0.2, 0) is 17.1 Å². The Morgan fingerprint density at radius 2 is 2.20 bits per heavy atom. The molecular formula is C14H20ClN7O2S. The third kappa shape index (κ3) is 4.39. The average molecular weight is 386 g/mol. The van der Waals surface area contributed by atoms with Gasteiger partial charge in [-0.3, -0.25) is 4.68 Å². The highest BCUT2D eigenvalue weighted by molar-refractivity contribution is 7.88. The standard InChI is InChI=1S/C14H20ClN7O2S/c1-21-9-10(6-18-21)19-14-17-8-12(15)13(20-14)16-7-11-4-3-5-22(11)25(2,23)24/h6,8-9,11H,3-5,7H2,1-2H3,(H2,16,17,19,20)/t11-/m1/s1. The molecule has 0 aromatic carbocycles. The van der Waals surface area contributed by atoms with E-state index in [-0.39, 0.29) is 6.04 Å². The van der Waals surface area contributed by atoms with E-state index >= 15 is 0 Å². The highest BCUT2D eigenvalue weighted by atomic mass is 35.5. The van der Waals surface area contributed by atoms with Gasteiger partial charge in [-0.15, -0.1) is 0 Å². The average Bonchev–Trinajstić information content (AvgIpc) is 3.16. The fourth-order valence-electron chi connectivity index (χ4n) is 2.83. The predicted octanol–water partition coefficient (Wildman–Crippen LogP) is 1.44. The van der Waals surface area contributed by atoms with Crippen LogP contribution in [0.4, 0.5) is 17.5 Å². The van der Waals surface area contributed by atoms with Gasteiger partial charge in [-0.25, -0.2) is 13.4 Å². The Balaban J connectivity index is 1.68. The summed E-state index contributed by atoms with van der Waals surface area (Å²) in [4.78, 5) is 8.49. The van der Waals surface area contributed by atoms with Crippen LogP contribution in [0.5, 0.6) is 0 Å². The largest absolute Gasteiger partial charge is 0.367 e. The zero-order valence-corrected chi connectivity index (χ0v) is 15.5. The summed E-state index contributed by atoms with van der Waals surface area (Å²) >= 11 is 6.15. The lowest BCUT2D eigenvalue weighted by atomic mass is 10.2. The fourth-order valence-corrected chi connectivity index (χ4v) is 4.17. The molecule has 0 unspecified atom stereocenters. The van der Waals surface area contributed by atoms with E-state index in [2.05, 4.69) is 25.7 Å². The number of aromatic nitrogens is 4. The molecule has 1 aliphatic rings. The Morgan fingerprint density at radius 3 is 2.88 bits per heavy atom. The Hall–Kier alpha value is -1.91. The summed E-state index contributed by atoms with van der Waals surface area (Å²) in [5, 5.41) is 10.6. The van der Waals surface area contributed by atoms with Gasteiger partial charge < -0.3 is 10.6 Å². The number of hydrogen-bond acceptors (Lipinski definition) is 7. The van der Waals surface area contributed by atoms with Crippen molar-refractivity contribution in [1.29, 1.82) is 0 Å². The zero-order valence-electron chi connectivity index (χ0n) is 14.0. The van der Waals surface area contributed by atoms with E-state index in [1.54, 1.807) is 17.1 Å². The molecular weight excluding hydrogens is 366 g/mol. The van der Waals surface area contributed by atoms with Crippen molar-refractivity contribution >= 4 is 39.1 Å². The van der Waals surface area contributed by atoms with Crippen LogP contribution in [0.25, 0.3) is 0 Å². The van der Waals surface area contributed by atoms with Crippen LogP contribution in [0.2, 0.25) is 5.02 Å². The van der Waals surface area contributed by atoms with Gasteiger partial charge in [0.05, 0.1) is 24.3 Å². The lowest BCUT2D eigenvalue weighted by molar-refractivity contribution is 0.402. The second-order valence-electron chi connectivity index (χ2n) is 5.97. The second kappa shape index (κ2) is 7.14. The summed E-state index contributed by atoms with van der Waals surface area (Å²) in [6.07, 6.45) is 7.85. The monoisotopic (exact) mass is 385 g/mol. The van der Waals surface area contributed by atoms with E-state index in [0.717, 1.165) is 18.5 Å². The minimum Gasteiger partial charge on any atom is -0.367 e. The summed E-state index contributed by atoms with van der Waals surface area (Å²) in [5.74, 6) is 0.842. The maximum absolute atomic E-state index is 11.8. The van der Waals surface area contributed by atoms with Gasteiger partial charge in [0.2, 0.25) is 16.0 Å². The molecule has 0 saturated carbocycles. The van der Waals surface area contributed by atoms with Crippen molar-refractivity contribution in [3.8, 4) is 0 Å². The maximum atomic E-state index is 11.8. The molecule has 1 atom stereocenters. The molecule has 2 aromatic rings. The molecule has 3 rings (SSSR count). The van der Waals surface area contributed by atoms with Crippen molar-refractivity contribution in [1.82, 2.24) is 24.1 Å². The number of nitrogens with one attached hydrogen (secondary N) is 2. The van der Waals surface area contributed by atoms with E-state index in [1.165, 1.54) is 16.8 Å². The summed E-state index contributed by atoms with van der Waals surface area (Å²) in [6, 6.07) is -0.101. The van der Waals surface area contributed by atoms with Crippen LogP contribution in [0.3, 0.4) is 0 Å². The van der Waals surface area contributed by atoms with Crippen LogP contribution in [0, 0.1) is 0 Å². The number of sulfonamides is 1. The first-order chi connectivity index (χ1) is 11.8. The van der Waals surface area contributed by atoms with E-state index in [4.69, 9.17) is 11.6 Å². The van der Waals surface area contributed by atoms with Crippen molar-refractivity contribution in [3.63, 3.8) is 0 Å². The van der Waals surface area contributed by atoms with Gasteiger partial charge in [-0.1, -0.05) is 11.6 Å². The Morgan fingerprint density at radius 1 is 1.40 bits per heavy atom. The third-order valence-corrected chi connectivity index (χ3v) is 5.57. The summed E-state index contributed by atoms with van der Waals surface area (Å²) in [6.45, 7) is 0.993. The van der Waals surface area contributed by atoms with Gasteiger partial charge in [0, 0.05) is 32.4 Å². The van der Waals surface area contributed by atoms with Crippen molar-refractivity contribution in [2.24, 2.45) is 7.05 Å². The molecule has 2 N–H and O–H groups in total. The zero-order chi connectivity index (χ0) is 18.0. The third-order valence-electron chi connectivity index (χ3n) is 3.96. The Labute approximate surface area is 151 Å². The number of halogens is 1. The molecule has 0 aliphatic carbocycles. The highest BCUT2D eigenvalue weighted by Crippen LogP contribution is 2.24. The maximum Gasteiger partial charge on any atom is 0.229 e. The molecule has 25 heavy (non-hydrogen) atoms. The van der Waals surface area contributed by atoms with Gasteiger partial charge in [-0.2, -0.15) is 14.4 Å². The molecule has 0 radical (unpaired) electrons. The number of aryl methyl sites for hydroxylation is 1. The van der Waals surface area contributed by atoms with Gasteiger partial charge in [0.15, 0.2) is 5.82 Å². The van der Waals surface area contributed by atoms with Crippen LogP contribution in [0.1, 0.15) is 12.8 Å². The number of nitrogens with zero attached hydrogens (tertiary/aromatic N) is 5. The number of hydrogen-bond donors (Lipinski definition) is 2. The molecule has 11 heteroatoms. The predicted molar refractivity (Wildman–Crippen MR) is 96.6 cm³/mol. The summed E-state index contributed by atoms with van der Waals surface area (Å²) < 4.78 is 26.8. The fraction of sp³-hybridized carbons (Fsp3) is 0.500. The highest BCUT2D eigenvalue weighted by Gasteiger charge is 2.31. The summed E-state index contributed by atoms with van der Waals surface area (Å²) in [5.41, 5.74) is 0.759. The quantitative estimate of drug-likeness (QED) is 0.775. The van der Waals surface area contributed by atoms with Crippen LogP contribution in [0.15, 0.2) is 18.6 Å². The SMILES string of the molecule is Cn1cc(Nc2ncc(Cl)c(NC[C@H]3CCCN3S(C)(=O)=O)n2)cn1. The lowest BCUT2D eigenvalue weighted by Gasteiger charge is -2.22. The van der Waals surface area contributed by atoms with Gasteiger partial charge in [0.1, 0.15) is 5.02 Å². The smallest absolute Gasteiger partial charge is 0.229 e. The van der Waals surface area contributed by atoms with Crippen LogP contribution >= 0.6 is 11.6 Å². The molecule has 2 aromatic heterocycles. The van der Waals surface area contributed by atoms with E-state index in [0.29, 0.717) is 29.9 Å². The minimum absolute atomic E-state index is 0.101. The molecule has 1 aliphatic heterocycles. The van der Waals surface area contributed by atoms with Crippen LogP contribution in [-0.4, -0.2) is 57.9 Å². The first-order valence-electron chi connectivity index (χ1n) is 7.82. The molecule has 3 heterocycles.